The van der Waals surface area contributed by atoms with Crippen molar-refractivity contribution in [1.82, 2.24) is 10.3 Å². The molecule has 144 valence electrons. The number of hydrogen-bond donors (Lipinski definition) is 2. The van der Waals surface area contributed by atoms with Gasteiger partial charge in [0.15, 0.2) is 11.6 Å². The van der Waals surface area contributed by atoms with Crippen molar-refractivity contribution < 1.29 is 27.5 Å². The van der Waals surface area contributed by atoms with E-state index in [1.807, 2.05) is 0 Å². The molecular formula is C18H18F3N3O3. The van der Waals surface area contributed by atoms with Crippen molar-refractivity contribution >= 4 is 17.6 Å². The molecular weight excluding hydrogens is 363 g/mol. The largest absolute Gasteiger partial charge is 0.430 e. The fraction of sp³-hybridized carbons (Fsp3) is 0.278. The van der Waals surface area contributed by atoms with E-state index < -0.39 is 23.6 Å². The molecule has 1 aromatic carbocycles. The molecule has 1 heterocycles. The minimum absolute atomic E-state index is 0.0151. The maximum absolute atomic E-state index is 14.2. The summed E-state index contributed by atoms with van der Waals surface area (Å²) in [6.45, 7) is 1.93. The third kappa shape index (κ3) is 5.98. The Morgan fingerprint density at radius 2 is 2.00 bits per heavy atom. The Balaban J connectivity index is 2.07. The molecule has 0 aliphatic carbocycles. The van der Waals surface area contributed by atoms with Crippen LogP contribution in [0.1, 0.15) is 36.2 Å². The number of pyridine rings is 1. The zero-order valence-electron chi connectivity index (χ0n) is 14.7. The van der Waals surface area contributed by atoms with Crippen molar-refractivity contribution in [1.29, 1.82) is 0 Å². The van der Waals surface area contributed by atoms with Gasteiger partial charge in [0.25, 0.3) is 5.91 Å². The van der Waals surface area contributed by atoms with E-state index in [0.717, 1.165) is 6.07 Å². The number of benzene rings is 1. The predicted octanol–water partition coefficient (Wildman–Crippen LogP) is 3.49. The lowest BCUT2D eigenvalue weighted by atomic mass is 10.2. The van der Waals surface area contributed by atoms with Gasteiger partial charge in [-0.05, 0) is 18.2 Å². The second-order valence-electron chi connectivity index (χ2n) is 5.65. The quantitative estimate of drug-likeness (QED) is 0.769. The summed E-state index contributed by atoms with van der Waals surface area (Å²) in [5.41, 5.74) is 0.183. The number of carbonyl (C=O) groups excluding carboxylic acids is 2. The molecule has 0 saturated heterocycles. The number of nitrogens with zero attached hydrogens (tertiary/aromatic N) is 1. The van der Waals surface area contributed by atoms with Crippen molar-refractivity contribution in [3.63, 3.8) is 0 Å². The first-order valence-electron chi connectivity index (χ1n) is 8.08. The summed E-state index contributed by atoms with van der Waals surface area (Å²) in [6, 6.07) is 6.55. The van der Waals surface area contributed by atoms with E-state index in [1.165, 1.54) is 30.5 Å². The Labute approximate surface area is 153 Å². The third-order valence-electron chi connectivity index (χ3n) is 3.38. The number of hydrogen-bond acceptors (Lipinski definition) is 4. The highest BCUT2D eigenvalue weighted by molar-refractivity contribution is 5.96. The number of anilines is 1. The van der Waals surface area contributed by atoms with Crippen molar-refractivity contribution in [3.05, 3.63) is 53.5 Å². The third-order valence-corrected chi connectivity index (χ3v) is 3.38. The molecule has 1 aromatic heterocycles. The van der Waals surface area contributed by atoms with Crippen LogP contribution in [-0.4, -0.2) is 22.9 Å². The smallest absolute Gasteiger partial charge is 0.395 e. The molecule has 27 heavy (non-hydrogen) atoms. The van der Waals surface area contributed by atoms with Gasteiger partial charge in [0.1, 0.15) is 5.82 Å². The van der Waals surface area contributed by atoms with Gasteiger partial charge in [-0.15, -0.1) is 0 Å². The highest BCUT2D eigenvalue weighted by Gasteiger charge is 2.25. The number of alkyl halides is 2. The average molecular weight is 381 g/mol. The first-order chi connectivity index (χ1) is 12.7. The summed E-state index contributed by atoms with van der Waals surface area (Å²) in [6.07, 6.45) is -1.93. The van der Waals surface area contributed by atoms with Crippen molar-refractivity contribution in [2.75, 3.05) is 5.32 Å². The fourth-order valence-corrected chi connectivity index (χ4v) is 2.11. The lowest BCUT2D eigenvalue weighted by Crippen LogP contribution is -2.24. The number of rotatable bonds is 7. The van der Waals surface area contributed by atoms with Gasteiger partial charge in [0.2, 0.25) is 5.91 Å². The van der Waals surface area contributed by atoms with Gasteiger partial charge >= 0.3 is 6.11 Å². The predicted molar refractivity (Wildman–Crippen MR) is 92.0 cm³/mol. The van der Waals surface area contributed by atoms with Crippen LogP contribution in [-0.2, 0) is 11.3 Å². The zero-order chi connectivity index (χ0) is 20.0. The Bertz CT molecular complexity index is 838. The molecule has 6 nitrogen and oxygen atoms in total. The summed E-state index contributed by atoms with van der Waals surface area (Å²) in [7, 11) is 0. The number of ether oxygens (including phenoxy) is 1. The number of carbonyl (C=O) groups is 2. The highest BCUT2D eigenvalue weighted by Crippen LogP contribution is 2.26. The van der Waals surface area contributed by atoms with E-state index in [0.29, 0.717) is 6.92 Å². The van der Waals surface area contributed by atoms with Gasteiger partial charge < -0.3 is 15.4 Å². The Hall–Kier alpha value is -3.10. The number of halogens is 3. The van der Waals surface area contributed by atoms with Gasteiger partial charge in [0.05, 0.1) is 0 Å². The molecule has 0 aliphatic rings. The Morgan fingerprint density at radius 3 is 2.67 bits per heavy atom. The van der Waals surface area contributed by atoms with Crippen LogP contribution in [0.3, 0.4) is 0 Å². The molecule has 0 spiro atoms. The second kappa shape index (κ2) is 8.52. The number of aromatic nitrogens is 1. The van der Waals surface area contributed by atoms with Crippen molar-refractivity contribution in [3.8, 4) is 5.75 Å². The fourth-order valence-electron chi connectivity index (χ4n) is 2.11. The normalized spacial score (nSPS) is 11.0. The van der Waals surface area contributed by atoms with E-state index in [1.54, 1.807) is 6.92 Å². The van der Waals surface area contributed by atoms with Crippen LogP contribution in [0, 0.1) is 5.82 Å². The van der Waals surface area contributed by atoms with E-state index >= 15 is 0 Å². The van der Waals surface area contributed by atoms with Gasteiger partial charge in [-0.2, -0.15) is 8.78 Å². The first-order valence-corrected chi connectivity index (χ1v) is 8.08. The summed E-state index contributed by atoms with van der Waals surface area (Å²) < 4.78 is 44.3. The van der Waals surface area contributed by atoms with Crippen LogP contribution in [0.15, 0.2) is 36.5 Å². The van der Waals surface area contributed by atoms with Crippen LogP contribution in [0.4, 0.5) is 19.0 Å². The van der Waals surface area contributed by atoms with Gasteiger partial charge in [-0.3, -0.25) is 9.59 Å². The number of amides is 2. The summed E-state index contributed by atoms with van der Waals surface area (Å²) in [5.74, 6) is -2.18. The molecule has 0 unspecified atom stereocenters. The first kappa shape index (κ1) is 20.2. The van der Waals surface area contributed by atoms with Crippen LogP contribution >= 0.6 is 0 Å². The molecule has 2 amide bonds. The average Bonchev–Trinajstić information content (AvgIpc) is 2.61. The SMILES string of the molecule is CCC(=O)Nc1cc(C(=O)NCc2cccc(OC(C)(F)F)c2F)ccn1. The summed E-state index contributed by atoms with van der Waals surface area (Å²) in [5, 5.41) is 5.00. The molecule has 0 bridgehead atoms. The molecule has 2 rings (SSSR count). The van der Waals surface area contributed by atoms with E-state index in [2.05, 4.69) is 20.4 Å². The minimum Gasteiger partial charge on any atom is -0.430 e. The van der Waals surface area contributed by atoms with Crippen molar-refractivity contribution in [2.24, 2.45) is 0 Å². The molecule has 2 N–H and O–H groups in total. The van der Waals surface area contributed by atoms with Crippen molar-refractivity contribution in [2.45, 2.75) is 32.9 Å². The summed E-state index contributed by atoms with van der Waals surface area (Å²) in [4.78, 5) is 27.5. The van der Waals surface area contributed by atoms with Crippen LogP contribution < -0.4 is 15.4 Å². The van der Waals surface area contributed by atoms with E-state index in [4.69, 9.17) is 0 Å². The monoisotopic (exact) mass is 381 g/mol. The molecule has 0 aliphatic heterocycles. The maximum Gasteiger partial charge on any atom is 0.395 e. The standard InChI is InChI=1S/C18H18F3N3O3/c1-3-15(25)24-14-9-11(7-8-22-14)17(26)23-10-12-5-4-6-13(16(12)19)27-18(2,20)21/h4-9H,3,10H2,1-2H3,(H,23,26)(H,22,24,25). The van der Waals surface area contributed by atoms with E-state index in [-0.39, 0.29) is 35.8 Å². The lowest BCUT2D eigenvalue weighted by Gasteiger charge is -2.15. The van der Waals surface area contributed by atoms with Gasteiger partial charge in [-0.1, -0.05) is 19.1 Å². The van der Waals surface area contributed by atoms with Crippen LogP contribution in [0.2, 0.25) is 0 Å². The molecule has 0 fully saturated rings. The lowest BCUT2D eigenvalue weighted by molar-refractivity contribution is -0.160. The Morgan fingerprint density at radius 1 is 1.26 bits per heavy atom. The zero-order valence-corrected chi connectivity index (χ0v) is 14.7. The van der Waals surface area contributed by atoms with Crippen LogP contribution in [0.5, 0.6) is 5.75 Å². The molecule has 9 heteroatoms. The van der Waals surface area contributed by atoms with Gasteiger partial charge in [0, 0.05) is 37.2 Å². The molecule has 2 aromatic rings. The second-order valence-corrected chi connectivity index (χ2v) is 5.65. The minimum atomic E-state index is -3.53. The topological polar surface area (TPSA) is 80.3 Å². The molecule has 0 atom stereocenters. The number of nitrogens with one attached hydrogen (secondary N) is 2. The Kier molecular flexibility index (Phi) is 6.38. The van der Waals surface area contributed by atoms with E-state index in [9.17, 15) is 22.8 Å². The van der Waals surface area contributed by atoms with Crippen LogP contribution in [0.25, 0.3) is 0 Å². The summed E-state index contributed by atoms with van der Waals surface area (Å²) >= 11 is 0. The molecule has 0 radical (unpaired) electrons. The molecule has 0 saturated carbocycles. The van der Waals surface area contributed by atoms with Gasteiger partial charge in [-0.25, -0.2) is 9.37 Å². The highest BCUT2D eigenvalue weighted by atomic mass is 19.3. The maximum atomic E-state index is 14.2.